The number of aromatic nitrogens is 3. The maximum absolute atomic E-state index is 12.1. The summed E-state index contributed by atoms with van der Waals surface area (Å²) in [4.78, 5) is 28.1. The van der Waals surface area contributed by atoms with Crippen molar-refractivity contribution in [2.75, 3.05) is 5.32 Å². The summed E-state index contributed by atoms with van der Waals surface area (Å²) < 4.78 is 1.24. The number of carbonyl (C=O) groups is 1. The van der Waals surface area contributed by atoms with Crippen LogP contribution in [-0.4, -0.2) is 20.7 Å². The molecule has 0 saturated carbocycles. The first kappa shape index (κ1) is 14.4. The van der Waals surface area contributed by atoms with Crippen molar-refractivity contribution < 1.29 is 4.79 Å². The van der Waals surface area contributed by atoms with Crippen LogP contribution in [0.4, 0.5) is 5.82 Å². The molecule has 0 aromatic carbocycles. The Labute approximate surface area is 128 Å². The van der Waals surface area contributed by atoms with E-state index in [-0.39, 0.29) is 18.0 Å². The molecule has 0 saturated heterocycles. The molecule has 1 amide bonds. The van der Waals surface area contributed by atoms with Gasteiger partial charge in [0.25, 0.3) is 5.56 Å². The van der Waals surface area contributed by atoms with Gasteiger partial charge in [0, 0.05) is 12.3 Å². The number of amides is 1. The highest BCUT2D eigenvalue weighted by molar-refractivity contribution is 5.89. The van der Waals surface area contributed by atoms with E-state index in [1.807, 2.05) is 0 Å². The number of carbonyl (C=O) groups excluding carboxylic acids is 1. The summed E-state index contributed by atoms with van der Waals surface area (Å²) in [5.74, 6) is 0.164. The molecule has 2 aromatic heterocycles. The predicted octanol–water partition coefficient (Wildman–Crippen LogP) is 1.55. The van der Waals surface area contributed by atoms with E-state index in [4.69, 9.17) is 0 Å². The number of rotatable bonds is 3. The third-order valence-electron chi connectivity index (χ3n) is 3.75. The van der Waals surface area contributed by atoms with Crippen LogP contribution in [0.25, 0.3) is 0 Å². The zero-order valence-electron chi connectivity index (χ0n) is 12.3. The lowest BCUT2D eigenvalue weighted by molar-refractivity contribution is -0.117. The molecule has 0 spiro atoms. The van der Waals surface area contributed by atoms with Gasteiger partial charge in [-0.05, 0) is 43.4 Å². The minimum Gasteiger partial charge on any atom is -0.309 e. The average Bonchev–Trinajstić information content (AvgIpc) is 2.73. The third-order valence-corrected chi connectivity index (χ3v) is 3.75. The molecule has 6 heteroatoms. The summed E-state index contributed by atoms with van der Waals surface area (Å²) in [7, 11) is 0. The number of pyridine rings is 1. The lowest BCUT2D eigenvalue weighted by Gasteiger charge is -2.09. The second-order valence-electron chi connectivity index (χ2n) is 5.44. The molecule has 0 atom stereocenters. The van der Waals surface area contributed by atoms with Gasteiger partial charge < -0.3 is 5.32 Å². The molecule has 114 valence electrons. The Bertz CT molecular complexity index is 725. The Balaban J connectivity index is 1.76. The second-order valence-corrected chi connectivity index (χ2v) is 5.44. The van der Waals surface area contributed by atoms with Gasteiger partial charge in [0.15, 0.2) is 0 Å². The Morgan fingerprint density at radius 3 is 2.91 bits per heavy atom. The Morgan fingerprint density at radius 2 is 2.09 bits per heavy atom. The van der Waals surface area contributed by atoms with Gasteiger partial charge in [-0.25, -0.2) is 9.67 Å². The normalized spacial score (nSPS) is 14.0. The molecular formula is C16H18N4O2. The zero-order valence-corrected chi connectivity index (χ0v) is 12.3. The first-order chi connectivity index (χ1) is 10.7. The molecule has 0 aliphatic heterocycles. The second kappa shape index (κ2) is 6.51. The molecular weight excluding hydrogens is 280 g/mol. The fourth-order valence-electron chi connectivity index (χ4n) is 2.65. The van der Waals surface area contributed by atoms with Crippen molar-refractivity contribution in [3.8, 4) is 0 Å². The maximum atomic E-state index is 12.1. The molecule has 22 heavy (non-hydrogen) atoms. The van der Waals surface area contributed by atoms with Gasteiger partial charge in [-0.1, -0.05) is 12.5 Å². The molecule has 2 aromatic rings. The summed E-state index contributed by atoms with van der Waals surface area (Å²) in [6.07, 6.45) is 6.71. The molecule has 0 radical (unpaired) electrons. The van der Waals surface area contributed by atoms with Crippen molar-refractivity contribution in [1.29, 1.82) is 0 Å². The molecule has 1 aliphatic rings. The number of nitrogens with zero attached hydrogens (tertiary/aromatic N) is 3. The summed E-state index contributed by atoms with van der Waals surface area (Å²) in [5, 5.41) is 7.04. The summed E-state index contributed by atoms with van der Waals surface area (Å²) in [6, 6.07) is 6.89. The van der Waals surface area contributed by atoms with E-state index in [0.717, 1.165) is 43.4 Å². The maximum Gasteiger partial charge on any atom is 0.267 e. The molecule has 3 rings (SSSR count). The van der Waals surface area contributed by atoms with Gasteiger partial charge in [0.05, 0.1) is 5.69 Å². The van der Waals surface area contributed by atoms with E-state index in [0.29, 0.717) is 5.82 Å². The van der Waals surface area contributed by atoms with E-state index in [9.17, 15) is 9.59 Å². The number of hydrogen-bond acceptors (Lipinski definition) is 4. The van der Waals surface area contributed by atoms with Crippen molar-refractivity contribution in [3.63, 3.8) is 0 Å². The molecule has 2 heterocycles. The Hall–Kier alpha value is -2.50. The van der Waals surface area contributed by atoms with Crippen molar-refractivity contribution in [1.82, 2.24) is 14.8 Å². The van der Waals surface area contributed by atoms with Gasteiger partial charge >= 0.3 is 0 Å². The Kier molecular flexibility index (Phi) is 4.27. The minimum atomic E-state index is -0.304. The monoisotopic (exact) mass is 298 g/mol. The van der Waals surface area contributed by atoms with Crippen LogP contribution in [-0.2, 0) is 24.2 Å². The van der Waals surface area contributed by atoms with Crippen LogP contribution in [0.2, 0.25) is 0 Å². The summed E-state index contributed by atoms with van der Waals surface area (Å²) in [5.41, 5.74) is 1.75. The van der Waals surface area contributed by atoms with E-state index >= 15 is 0 Å². The minimum absolute atomic E-state index is 0.0946. The summed E-state index contributed by atoms with van der Waals surface area (Å²) in [6.45, 7) is -0.0946. The summed E-state index contributed by atoms with van der Waals surface area (Å²) >= 11 is 0. The molecule has 1 aliphatic carbocycles. The van der Waals surface area contributed by atoms with Crippen LogP contribution >= 0.6 is 0 Å². The van der Waals surface area contributed by atoms with E-state index in [1.54, 1.807) is 30.5 Å². The van der Waals surface area contributed by atoms with Crippen LogP contribution in [0, 0.1) is 0 Å². The lowest BCUT2D eigenvalue weighted by atomic mass is 10.1. The van der Waals surface area contributed by atoms with E-state index in [2.05, 4.69) is 15.4 Å². The molecule has 1 N–H and O–H groups in total. The quantitative estimate of drug-likeness (QED) is 0.872. The van der Waals surface area contributed by atoms with Crippen LogP contribution in [0.3, 0.4) is 0 Å². The van der Waals surface area contributed by atoms with Crippen molar-refractivity contribution in [3.05, 3.63) is 52.1 Å². The smallest absolute Gasteiger partial charge is 0.267 e. The van der Waals surface area contributed by atoms with E-state index in [1.165, 1.54) is 4.68 Å². The molecule has 0 bridgehead atoms. The van der Waals surface area contributed by atoms with Gasteiger partial charge in [-0.2, -0.15) is 5.10 Å². The van der Waals surface area contributed by atoms with Crippen molar-refractivity contribution in [2.24, 2.45) is 0 Å². The van der Waals surface area contributed by atoms with Crippen LogP contribution in [0.5, 0.6) is 0 Å². The highest BCUT2D eigenvalue weighted by atomic mass is 16.2. The first-order valence-electron chi connectivity index (χ1n) is 7.53. The number of hydrogen-bond donors (Lipinski definition) is 1. The number of anilines is 1. The molecule has 6 nitrogen and oxygen atoms in total. The van der Waals surface area contributed by atoms with Crippen LogP contribution in [0.1, 0.15) is 30.5 Å². The standard InChI is InChI=1S/C16H18N4O2/c21-15(18-14-8-4-5-9-17-14)11-20-16(22)10-12-6-2-1-3-7-13(12)19-20/h4-5,8-10H,1-3,6-7,11H2,(H,17,18,21). The lowest BCUT2D eigenvalue weighted by Crippen LogP contribution is -2.31. The fourth-order valence-corrected chi connectivity index (χ4v) is 2.65. The van der Waals surface area contributed by atoms with Crippen molar-refractivity contribution in [2.45, 2.75) is 38.6 Å². The third kappa shape index (κ3) is 3.39. The predicted molar refractivity (Wildman–Crippen MR) is 82.6 cm³/mol. The Morgan fingerprint density at radius 1 is 1.23 bits per heavy atom. The highest BCUT2D eigenvalue weighted by Gasteiger charge is 2.14. The topological polar surface area (TPSA) is 76.9 Å². The van der Waals surface area contributed by atoms with Gasteiger partial charge in [-0.15, -0.1) is 0 Å². The number of nitrogens with one attached hydrogen (secondary N) is 1. The van der Waals surface area contributed by atoms with E-state index < -0.39 is 0 Å². The largest absolute Gasteiger partial charge is 0.309 e. The van der Waals surface area contributed by atoms with Crippen LogP contribution in [0.15, 0.2) is 35.3 Å². The fraction of sp³-hybridized carbons (Fsp3) is 0.375. The average molecular weight is 298 g/mol. The van der Waals surface area contributed by atoms with Gasteiger partial charge in [0.1, 0.15) is 12.4 Å². The zero-order chi connectivity index (χ0) is 15.4. The first-order valence-corrected chi connectivity index (χ1v) is 7.53. The number of fused-ring (bicyclic) bond motifs is 1. The molecule has 0 fully saturated rings. The number of aryl methyl sites for hydroxylation is 2. The van der Waals surface area contributed by atoms with Crippen LogP contribution < -0.4 is 10.9 Å². The highest BCUT2D eigenvalue weighted by Crippen LogP contribution is 2.16. The molecule has 0 unspecified atom stereocenters. The van der Waals surface area contributed by atoms with Crippen molar-refractivity contribution >= 4 is 11.7 Å². The SMILES string of the molecule is O=C(Cn1nc2c(cc1=O)CCCCC2)Nc1ccccn1. The van der Waals surface area contributed by atoms with Gasteiger partial charge in [0.2, 0.25) is 5.91 Å². The van der Waals surface area contributed by atoms with Gasteiger partial charge in [-0.3, -0.25) is 9.59 Å².